The van der Waals surface area contributed by atoms with Crippen LogP contribution in [0.15, 0.2) is 36.5 Å². The Morgan fingerprint density at radius 2 is 2.00 bits per heavy atom. The normalized spacial score (nSPS) is 15.3. The Balaban J connectivity index is 1.35. The predicted octanol–water partition coefficient (Wildman–Crippen LogP) is 3.37. The molecule has 2 aromatic heterocycles. The van der Waals surface area contributed by atoms with Crippen molar-refractivity contribution in [2.45, 2.75) is 44.7 Å². The number of H-pyrrole nitrogens is 1. The summed E-state index contributed by atoms with van der Waals surface area (Å²) in [5, 5.41) is 13.4. The van der Waals surface area contributed by atoms with Crippen molar-refractivity contribution in [1.82, 2.24) is 20.1 Å². The van der Waals surface area contributed by atoms with E-state index in [0.717, 1.165) is 36.3 Å². The van der Waals surface area contributed by atoms with Crippen LogP contribution in [-0.2, 0) is 13.0 Å². The molecule has 3 heterocycles. The molecule has 0 atom stereocenters. The summed E-state index contributed by atoms with van der Waals surface area (Å²) in [4.78, 5) is 25.4. The molecule has 1 aliphatic carbocycles. The second kappa shape index (κ2) is 7.94. The summed E-state index contributed by atoms with van der Waals surface area (Å²) < 4.78 is 7.26. The number of fused-ring (bicyclic) bond motifs is 3. The maximum atomic E-state index is 12.7. The van der Waals surface area contributed by atoms with Gasteiger partial charge in [-0.2, -0.15) is 5.10 Å². The molecule has 1 fully saturated rings. The Hall–Kier alpha value is -3.55. The zero-order chi connectivity index (χ0) is 21.4. The van der Waals surface area contributed by atoms with Crippen molar-refractivity contribution in [3.05, 3.63) is 53.2 Å². The lowest BCUT2D eigenvalue weighted by atomic mass is 10.1. The number of nitrogens with zero attached hydrogens (tertiary/aromatic N) is 2. The first-order valence-electron chi connectivity index (χ1n) is 10.7. The van der Waals surface area contributed by atoms with E-state index in [4.69, 9.17) is 4.74 Å². The minimum Gasteiger partial charge on any atom is -0.497 e. The lowest BCUT2D eigenvalue weighted by molar-refractivity contribution is 0.0937. The van der Waals surface area contributed by atoms with E-state index in [1.54, 1.807) is 31.4 Å². The van der Waals surface area contributed by atoms with Gasteiger partial charge in [-0.1, -0.05) is 18.9 Å². The molecule has 160 valence electrons. The van der Waals surface area contributed by atoms with Crippen LogP contribution in [0.25, 0.3) is 11.4 Å². The first-order chi connectivity index (χ1) is 15.1. The molecule has 8 heteroatoms. The SMILES string of the molecule is COc1cccc(C(=O)Nc2n[nH]c3c2CCn2cc(C(=O)NC4CCCC4)cc2-3)c1. The van der Waals surface area contributed by atoms with Crippen LogP contribution in [0.4, 0.5) is 5.82 Å². The minimum atomic E-state index is -0.245. The Morgan fingerprint density at radius 1 is 1.16 bits per heavy atom. The number of nitrogens with one attached hydrogen (secondary N) is 3. The Morgan fingerprint density at radius 3 is 2.81 bits per heavy atom. The Kier molecular flexibility index (Phi) is 4.97. The van der Waals surface area contributed by atoms with Gasteiger partial charge in [0.1, 0.15) is 5.75 Å². The number of benzene rings is 1. The average molecular weight is 419 g/mol. The van der Waals surface area contributed by atoms with Gasteiger partial charge in [-0.3, -0.25) is 14.7 Å². The zero-order valence-electron chi connectivity index (χ0n) is 17.4. The van der Waals surface area contributed by atoms with Crippen molar-refractivity contribution in [1.29, 1.82) is 0 Å². The summed E-state index contributed by atoms with van der Waals surface area (Å²) in [6.45, 7) is 0.723. The van der Waals surface area contributed by atoms with Gasteiger partial charge < -0.3 is 19.9 Å². The Bertz CT molecular complexity index is 1140. The standard InChI is InChI=1S/C23H25N5O3/c1-31-17-8-4-5-14(11-17)22(29)25-21-18-9-10-28-13-15(12-19(28)20(18)26-27-21)23(30)24-16-6-2-3-7-16/h4-5,8,11-13,16H,2-3,6-7,9-10H2,1H3,(H,24,30)(H2,25,26,27,29). The molecule has 2 aliphatic rings. The number of carbonyl (C=O) groups is 2. The highest BCUT2D eigenvalue weighted by Crippen LogP contribution is 2.33. The van der Waals surface area contributed by atoms with Gasteiger partial charge in [0, 0.05) is 29.9 Å². The molecule has 1 aromatic carbocycles. The van der Waals surface area contributed by atoms with Crippen molar-refractivity contribution < 1.29 is 14.3 Å². The fourth-order valence-electron chi connectivity index (χ4n) is 4.47. The highest BCUT2D eigenvalue weighted by Gasteiger charge is 2.26. The van der Waals surface area contributed by atoms with Crippen LogP contribution in [0.1, 0.15) is 52.0 Å². The van der Waals surface area contributed by atoms with E-state index in [9.17, 15) is 9.59 Å². The number of carbonyl (C=O) groups excluding carboxylic acids is 2. The first-order valence-corrected chi connectivity index (χ1v) is 10.7. The summed E-state index contributed by atoms with van der Waals surface area (Å²) in [6.07, 6.45) is 7.08. The number of methoxy groups -OCH3 is 1. The largest absolute Gasteiger partial charge is 0.497 e. The molecule has 2 amide bonds. The molecule has 0 saturated heterocycles. The number of aryl methyl sites for hydroxylation is 1. The number of anilines is 1. The quantitative estimate of drug-likeness (QED) is 0.590. The van der Waals surface area contributed by atoms with Crippen LogP contribution in [0.5, 0.6) is 5.75 Å². The number of amides is 2. The van der Waals surface area contributed by atoms with E-state index in [1.165, 1.54) is 12.8 Å². The molecule has 31 heavy (non-hydrogen) atoms. The lowest BCUT2D eigenvalue weighted by Gasteiger charge is -2.16. The van der Waals surface area contributed by atoms with Crippen LogP contribution < -0.4 is 15.4 Å². The topological polar surface area (TPSA) is 101 Å². The number of ether oxygens (including phenoxy) is 1. The predicted molar refractivity (Wildman–Crippen MR) is 116 cm³/mol. The second-order valence-corrected chi connectivity index (χ2v) is 8.12. The van der Waals surface area contributed by atoms with Crippen molar-refractivity contribution in [3.63, 3.8) is 0 Å². The smallest absolute Gasteiger partial charge is 0.257 e. The fraction of sp³-hybridized carbons (Fsp3) is 0.348. The van der Waals surface area contributed by atoms with Gasteiger partial charge in [-0.15, -0.1) is 0 Å². The van der Waals surface area contributed by atoms with E-state index < -0.39 is 0 Å². The number of rotatable bonds is 5. The molecule has 5 rings (SSSR count). The third-order valence-corrected chi connectivity index (χ3v) is 6.14. The van der Waals surface area contributed by atoms with Crippen molar-refractivity contribution in [2.24, 2.45) is 0 Å². The van der Waals surface area contributed by atoms with E-state index in [0.29, 0.717) is 29.1 Å². The van der Waals surface area contributed by atoms with Crippen LogP contribution in [0, 0.1) is 0 Å². The van der Waals surface area contributed by atoms with E-state index in [-0.39, 0.29) is 17.9 Å². The molecule has 1 saturated carbocycles. The summed E-state index contributed by atoms with van der Waals surface area (Å²) in [7, 11) is 1.57. The molecule has 0 bridgehead atoms. The van der Waals surface area contributed by atoms with Gasteiger partial charge in [-0.05, 0) is 43.5 Å². The summed E-state index contributed by atoms with van der Waals surface area (Å²) in [5.41, 5.74) is 3.86. The summed E-state index contributed by atoms with van der Waals surface area (Å²) in [5.74, 6) is 0.873. The maximum absolute atomic E-state index is 12.7. The molecule has 3 N–H and O–H groups in total. The number of aromatic amines is 1. The molecular weight excluding hydrogens is 394 g/mol. The lowest BCUT2D eigenvalue weighted by Crippen LogP contribution is -2.32. The van der Waals surface area contributed by atoms with Crippen LogP contribution in [0.2, 0.25) is 0 Å². The maximum Gasteiger partial charge on any atom is 0.257 e. The van der Waals surface area contributed by atoms with Gasteiger partial charge in [-0.25, -0.2) is 0 Å². The van der Waals surface area contributed by atoms with E-state index in [1.807, 2.05) is 12.3 Å². The zero-order valence-corrected chi connectivity index (χ0v) is 17.4. The van der Waals surface area contributed by atoms with Gasteiger partial charge in [0.05, 0.1) is 24.1 Å². The second-order valence-electron chi connectivity index (χ2n) is 8.12. The monoisotopic (exact) mass is 419 g/mol. The van der Waals surface area contributed by atoms with Crippen molar-refractivity contribution in [2.75, 3.05) is 12.4 Å². The Labute approximate surface area is 180 Å². The number of aromatic nitrogens is 3. The third kappa shape index (κ3) is 3.69. The third-order valence-electron chi connectivity index (χ3n) is 6.14. The molecular formula is C23H25N5O3. The number of hydrogen-bond donors (Lipinski definition) is 3. The molecule has 0 spiro atoms. The van der Waals surface area contributed by atoms with Gasteiger partial charge in [0.25, 0.3) is 11.8 Å². The fourth-order valence-corrected chi connectivity index (χ4v) is 4.47. The van der Waals surface area contributed by atoms with Gasteiger partial charge >= 0.3 is 0 Å². The molecule has 8 nitrogen and oxygen atoms in total. The summed E-state index contributed by atoms with van der Waals surface area (Å²) in [6, 6.07) is 9.17. The average Bonchev–Trinajstić information content (AvgIpc) is 3.53. The van der Waals surface area contributed by atoms with Crippen molar-refractivity contribution >= 4 is 17.6 Å². The summed E-state index contributed by atoms with van der Waals surface area (Å²) >= 11 is 0. The highest BCUT2D eigenvalue weighted by molar-refractivity contribution is 6.04. The van der Waals surface area contributed by atoms with Crippen molar-refractivity contribution in [3.8, 4) is 17.1 Å². The van der Waals surface area contributed by atoms with Gasteiger partial charge in [0.2, 0.25) is 0 Å². The molecule has 0 unspecified atom stereocenters. The molecule has 0 radical (unpaired) electrons. The molecule has 3 aromatic rings. The van der Waals surface area contributed by atoms with E-state index >= 15 is 0 Å². The molecule has 1 aliphatic heterocycles. The van der Waals surface area contributed by atoms with Crippen LogP contribution in [-0.4, -0.2) is 39.7 Å². The van der Waals surface area contributed by atoms with E-state index in [2.05, 4.69) is 25.4 Å². The highest BCUT2D eigenvalue weighted by atomic mass is 16.5. The van der Waals surface area contributed by atoms with Crippen LogP contribution in [0.3, 0.4) is 0 Å². The minimum absolute atomic E-state index is 0.0265. The first kappa shape index (κ1) is 19.4. The van der Waals surface area contributed by atoms with Crippen LogP contribution >= 0.6 is 0 Å². The number of hydrogen-bond acceptors (Lipinski definition) is 4. The van der Waals surface area contributed by atoms with Gasteiger partial charge in [0.15, 0.2) is 5.82 Å².